The van der Waals surface area contributed by atoms with Crippen molar-refractivity contribution in [2.75, 3.05) is 0 Å². The molecule has 2 aromatic rings. The molecule has 3 nitrogen and oxygen atoms in total. The monoisotopic (exact) mass is 320 g/mol. The average Bonchev–Trinajstić information content (AvgIpc) is 3.30. The summed E-state index contributed by atoms with van der Waals surface area (Å²) >= 11 is 11.8. The fraction of sp³-hybridized carbons (Fsp3) is 0.250. The van der Waals surface area contributed by atoms with E-state index in [-0.39, 0.29) is 5.91 Å². The van der Waals surface area contributed by atoms with Gasteiger partial charge in [-0.3, -0.25) is 9.78 Å². The van der Waals surface area contributed by atoms with E-state index < -0.39 is 0 Å². The fourth-order valence-electron chi connectivity index (χ4n) is 2.21. The summed E-state index contributed by atoms with van der Waals surface area (Å²) in [5.74, 6) is -0.0741. The Morgan fingerprint density at radius 2 is 1.86 bits per heavy atom. The molecule has 0 unspecified atom stereocenters. The lowest BCUT2D eigenvalue weighted by Gasteiger charge is -2.22. The maximum absolute atomic E-state index is 12.6. The molecule has 1 aromatic heterocycles. The zero-order chi connectivity index (χ0) is 14.8. The summed E-state index contributed by atoms with van der Waals surface area (Å²) in [6, 6.07) is 11.1. The van der Waals surface area contributed by atoms with Crippen LogP contribution in [0.1, 0.15) is 28.9 Å². The summed E-state index contributed by atoms with van der Waals surface area (Å²) in [7, 11) is 0. The SMILES string of the molecule is O=C(c1cc(Cl)ccn1)N(Cc1ccc(Cl)cc1)C1CC1. The van der Waals surface area contributed by atoms with Crippen molar-refractivity contribution in [1.29, 1.82) is 0 Å². The molecule has 1 aliphatic rings. The number of hydrogen-bond acceptors (Lipinski definition) is 2. The molecule has 3 rings (SSSR count). The normalized spacial score (nSPS) is 14.0. The Balaban J connectivity index is 1.81. The molecule has 0 radical (unpaired) electrons. The minimum absolute atomic E-state index is 0.0741. The standard InChI is InChI=1S/C16H14Cl2N2O/c17-12-3-1-11(2-4-12)10-20(14-5-6-14)16(21)15-9-13(18)7-8-19-15/h1-4,7-9,14H,5-6,10H2. The molecule has 0 N–H and O–H groups in total. The zero-order valence-corrected chi connectivity index (χ0v) is 12.8. The smallest absolute Gasteiger partial charge is 0.273 e. The molecule has 1 aliphatic carbocycles. The third-order valence-corrected chi connectivity index (χ3v) is 3.94. The van der Waals surface area contributed by atoms with Crippen molar-refractivity contribution >= 4 is 29.1 Å². The van der Waals surface area contributed by atoms with Crippen molar-refractivity contribution in [3.8, 4) is 0 Å². The average molecular weight is 321 g/mol. The summed E-state index contributed by atoms with van der Waals surface area (Å²) < 4.78 is 0. The Morgan fingerprint density at radius 3 is 2.48 bits per heavy atom. The van der Waals surface area contributed by atoms with Gasteiger partial charge >= 0.3 is 0 Å². The molecule has 0 bridgehead atoms. The van der Waals surface area contributed by atoms with Crippen LogP contribution in [0.2, 0.25) is 10.0 Å². The van der Waals surface area contributed by atoms with Crippen LogP contribution in [0.3, 0.4) is 0 Å². The van der Waals surface area contributed by atoms with Crippen molar-refractivity contribution in [3.63, 3.8) is 0 Å². The summed E-state index contributed by atoms with van der Waals surface area (Å²) in [5.41, 5.74) is 1.45. The van der Waals surface area contributed by atoms with Crippen molar-refractivity contribution in [2.24, 2.45) is 0 Å². The number of amides is 1. The third kappa shape index (κ3) is 3.55. The number of pyridine rings is 1. The second-order valence-electron chi connectivity index (χ2n) is 5.15. The number of halogens is 2. The zero-order valence-electron chi connectivity index (χ0n) is 11.3. The number of aromatic nitrogens is 1. The summed E-state index contributed by atoms with van der Waals surface area (Å²) in [4.78, 5) is 18.6. The maximum atomic E-state index is 12.6. The molecular weight excluding hydrogens is 307 g/mol. The number of carbonyl (C=O) groups excluding carboxylic acids is 1. The molecule has 0 saturated heterocycles. The Labute approximate surface area is 133 Å². The van der Waals surface area contributed by atoms with E-state index >= 15 is 0 Å². The lowest BCUT2D eigenvalue weighted by molar-refractivity contribution is 0.0724. The van der Waals surface area contributed by atoms with Crippen molar-refractivity contribution in [2.45, 2.75) is 25.4 Å². The molecule has 1 heterocycles. The molecule has 1 amide bonds. The highest BCUT2D eigenvalue weighted by atomic mass is 35.5. The highest BCUT2D eigenvalue weighted by Crippen LogP contribution is 2.30. The predicted octanol–water partition coefficient (Wildman–Crippen LogP) is 4.19. The second-order valence-corrected chi connectivity index (χ2v) is 6.02. The van der Waals surface area contributed by atoms with E-state index in [9.17, 15) is 4.79 Å². The largest absolute Gasteiger partial charge is 0.330 e. The Hall–Kier alpha value is -1.58. The van der Waals surface area contributed by atoms with Gasteiger partial charge in [0, 0.05) is 28.8 Å². The fourth-order valence-corrected chi connectivity index (χ4v) is 2.49. The number of benzene rings is 1. The molecule has 0 spiro atoms. The first kappa shape index (κ1) is 14.4. The van der Waals surface area contributed by atoms with Crippen LogP contribution in [0.15, 0.2) is 42.6 Å². The van der Waals surface area contributed by atoms with Crippen molar-refractivity contribution in [3.05, 3.63) is 63.9 Å². The van der Waals surface area contributed by atoms with Crippen molar-refractivity contribution < 1.29 is 4.79 Å². The molecule has 108 valence electrons. The van der Waals surface area contributed by atoms with Gasteiger partial charge in [-0.15, -0.1) is 0 Å². The number of hydrogen-bond donors (Lipinski definition) is 0. The van der Waals surface area contributed by atoms with E-state index in [1.165, 1.54) is 0 Å². The third-order valence-electron chi connectivity index (χ3n) is 3.46. The van der Waals surface area contributed by atoms with Crippen LogP contribution < -0.4 is 0 Å². The summed E-state index contributed by atoms with van der Waals surface area (Å²) in [6.45, 7) is 0.564. The van der Waals surface area contributed by atoms with Crippen molar-refractivity contribution in [1.82, 2.24) is 9.88 Å². The van der Waals surface area contributed by atoms with Gasteiger partial charge in [0.05, 0.1) is 0 Å². The van der Waals surface area contributed by atoms with Gasteiger partial charge in [0.1, 0.15) is 5.69 Å². The second kappa shape index (κ2) is 6.04. The van der Waals surface area contributed by atoms with Gasteiger partial charge in [0.15, 0.2) is 0 Å². The highest BCUT2D eigenvalue weighted by molar-refractivity contribution is 6.31. The van der Waals surface area contributed by atoms with Gasteiger partial charge in [0.2, 0.25) is 0 Å². The maximum Gasteiger partial charge on any atom is 0.273 e. The minimum atomic E-state index is -0.0741. The Bertz CT molecular complexity index is 654. The predicted molar refractivity (Wildman–Crippen MR) is 83.6 cm³/mol. The minimum Gasteiger partial charge on any atom is -0.330 e. The molecule has 1 fully saturated rings. The van der Waals surface area contributed by atoms with Gasteiger partial charge in [0.25, 0.3) is 5.91 Å². The van der Waals surface area contributed by atoms with Crippen LogP contribution in [-0.4, -0.2) is 21.8 Å². The molecule has 5 heteroatoms. The van der Waals surface area contributed by atoms with E-state index in [1.807, 2.05) is 29.2 Å². The number of carbonyl (C=O) groups is 1. The van der Waals surface area contributed by atoms with Gasteiger partial charge in [-0.1, -0.05) is 35.3 Å². The first-order chi connectivity index (χ1) is 10.1. The molecule has 0 atom stereocenters. The van der Waals surface area contributed by atoms with Crippen LogP contribution >= 0.6 is 23.2 Å². The van der Waals surface area contributed by atoms with E-state index in [4.69, 9.17) is 23.2 Å². The van der Waals surface area contributed by atoms with Crippen LogP contribution in [0.25, 0.3) is 0 Å². The van der Waals surface area contributed by atoms with Crippen LogP contribution in [0.5, 0.6) is 0 Å². The van der Waals surface area contributed by atoms with Gasteiger partial charge in [-0.2, -0.15) is 0 Å². The Morgan fingerprint density at radius 1 is 1.14 bits per heavy atom. The van der Waals surface area contributed by atoms with Gasteiger partial charge < -0.3 is 4.90 Å². The van der Waals surface area contributed by atoms with E-state index in [1.54, 1.807) is 18.3 Å². The highest BCUT2D eigenvalue weighted by Gasteiger charge is 2.33. The number of rotatable bonds is 4. The van der Waals surface area contributed by atoms with Crippen LogP contribution in [-0.2, 0) is 6.54 Å². The summed E-state index contributed by atoms with van der Waals surface area (Å²) in [5, 5.41) is 1.22. The molecule has 0 aliphatic heterocycles. The molecule has 21 heavy (non-hydrogen) atoms. The topological polar surface area (TPSA) is 33.2 Å². The molecule has 1 aromatic carbocycles. The van der Waals surface area contributed by atoms with E-state index in [0.29, 0.717) is 28.3 Å². The quantitative estimate of drug-likeness (QED) is 0.846. The lowest BCUT2D eigenvalue weighted by Crippen LogP contribution is -2.33. The van der Waals surface area contributed by atoms with Gasteiger partial charge in [-0.05, 0) is 42.7 Å². The first-order valence-corrected chi connectivity index (χ1v) is 7.56. The number of nitrogens with zero attached hydrogens (tertiary/aromatic N) is 2. The van der Waals surface area contributed by atoms with E-state index in [0.717, 1.165) is 18.4 Å². The lowest BCUT2D eigenvalue weighted by atomic mass is 10.2. The van der Waals surface area contributed by atoms with Crippen LogP contribution in [0, 0.1) is 0 Å². The Kier molecular flexibility index (Phi) is 4.13. The van der Waals surface area contributed by atoms with Gasteiger partial charge in [-0.25, -0.2) is 0 Å². The van der Waals surface area contributed by atoms with Crippen LogP contribution in [0.4, 0.5) is 0 Å². The van der Waals surface area contributed by atoms with E-state index in [2.05, 4.69) is 4.98 Å². The summed E-state index contributed by atoms with van der Waals surface area (Å²) in [6.07, 6.45) is 3.64. The molecule has 1 saturated carbocycles. The molecular formula is C16H14Cl2N2O. The first-order valence-electron chi connectivity index (χ1n) is 6.80.